The Morgan fingerprint density at radius 2 is 2.21 bits per heavy atom. The summed E-state index contributed by atoms with van der Waals surface area (Å²) < 4.78 is 1.55. The second-order valence-corrected chi connectivity index (χ2v) is 7.25. The van der Waals surface area contributed by atoms with Crippen LogP contribution in [0.3, 0.4) is 0 Å². The molecule has 1 atom stereocenters. The number of hydrogen-bond donors (Lipinski definition) is 1. The van der Waals surface area contributed by atoms with Gasteiger partial charge >= 0.3 is 6.03 Å². The SMILES string of the molecule is CCS[C@@H]1CCCCN(C(=O)Nc2cnn(-c3ncccn3)c2)C1. The molecule has 2 aromatic heterocycles. The number of nitrogens with one attached hydrogen (secondary N) is 1. The summed E-state index contributed by atoms with van der Waals surface area (Å²) >= 11 is 1.94. The molecule has 8 heteroatoms. The van der Waals surface area contributed by atoms with Crippen LogP contribution in [0.15, 0.2) is 30.9 Å². The van der Waals surface area contributed by atoms with E-state index in [9.17, 15) is 4.79 Å². The van der Waals surface area contributed by atoms with Gasteiger partial charge in [0, 0.05) is 30.7 Å². The second-order valence-electron chi connectivity index (χ2n) is 5.67. The number of carbonyl (C=O) groups is 1. The quantitative estimate of drug-likeness (QED) is 0.921. The zero-order valence-electron chi connectivity index (χ0n) is 13.8. The summed E-state index contributed by atoms with van der Waals surface area (Å²) in [6, 6.07) is 1.69. The van der Waals surface area contributed by atoms with Crippen molar-refractivity contribution in [1.82, 2.24) is 24.6 Å². The molecule has 0 unspecified atom stereocenters. The van der Waals surface area contributed by atoms with E-state index in [1.807, 2.05) is 16.7 Å². The molecule has 0 radical (unpaired) electrons. The molecule has 2 amide bonds. The summed E-state index contributed by atoms with van der Waals surface area (Å²) in [6.07, 6.45) is 10.1. The van der Waals surface area contributed by atoms with E-state index in [1.54, 1.807) is 35.5 Å². The molecule has 0 spiro atoms. The zero-order chi connectivity index (χ0) is 16.8. The third-order valence-electron chi connectivity index (χ3n) is 3.91. The molecule has 24 heavy (non-hydrogen) atoms. The maximum Gasteiger partial charge on any atom is 0.321 e. The first-order valence-electron chi connectivity index (χ1n) is 8.26. The molecule has 0 aliphatic carbocycles. The Morgan fingerprint density at radius 1 is 1.38 bits per heavy atom. The van der Waals surface area contributed by atoms with Gasteiger partial charge in [-0.2, -0.15) is 16.9 Å². The Labute approximate surface area is 145 Å². The van der Waals surface area contributed by atoms with Crippen LogP contribution in [0.5, 0.6) is 0 Å². The van der Waals surface area contributed by atoms with Crippen LogP contribution in [-0.2, 0) is 0 Å². The number of amides is 2. The van der Waals surface area contributed by atoms with Crippen molar-refractivity contribution < 1.29 is 4.79 Å². The van der Waals surface area contributed by atoms with Crippen LogP contribution in [0.1, 0.15) is 26.2 Å². The van der Waals surface area contributed by atoms with Gasteiger partial charge in [-0.3, -0.25) is 0 Å². The minimum absolute atomic E-state index is 0.0628. The number of carbonyl (C=O) groups excluding carboxylic acids is 1. The van der Waals surface area contributed by atoms with Gasteiger partial charge < -0.3 is 10.2 Å². The highest BCUT2D eigenvalue weighted by Gasteiger charge is 2.22. The summed E-state index contributed by atoms with van der Waals surface area (Å²) in [7, 11) is 0. The molecule has 3 rings (SSSR count). The monoisotopic (exact) mass is 346 g/mol. The van der Waals surface area contributed by atoms with Crippen LogP contribution >= 0.6 is 11.8 Å². The van der Waals surface area contributed by atoms with Crippen molar-refractivity contribution in [2.75, 3.05) is 24.2 Å². The normalized spacial score (nSPS) is 18.2. The number of nitrogens with zero attached hydrogens (tertiary/aromatic N) is 5. The van der Waals surface area contributed by atoms with Gasteiger partial charge in [-0.25, -0.2) is 19.4 Å². The minimum atomic E-state index is -0.0628. The number of anilines is 1. The van der Waals surface area contributed by atoms with Crippen molar-refractivity contribution in [2.24, 2.45) is 0 Å². The van der Waals surface area contributed by atoms with Crippen molar-refractivity contribution in [3.63, 3.8) is 0 Å². The van der Waals surface area contributed by atoms with Gasteiger partial charge in [-0.15, -0.1) is 0 Å². The molecule has 3 heterocycles. The molecule has 1 aliphatic rings. The van der Waals surface area contributed by atoms with Crippen LogP contribution in [-0.4, -0.2) is 54.8 Å². The first-order chi connectivity index (χ1) is 11.8. The molecule has 0 bridgehead atoms. The summed E-state index contributed by atoms with van der Waals surface area (Å²) in [6.45, 7) is 3.78. The molecule has 1 saturated heterocycles. The van der Waals surface area contributed by atoms with E-state index < -0.39 is 0 Å². The molecule has 2 aromatic rings. The predicted molar refractivity (Wildman–Crippen MR) is 95.5 cm³/mol. The largest absolute Gasteiger partial charge is 0.323 e. The van der Waals surface area contributed by atoms with E-state index in [1.165, 1.54) is 12.8 Å². The number of aromatic nitrogens is 4. The average Bonchev–Trinajstić information content (AvgIpc) is 2.93. The lowest BCUT2D eigenvalue weighted by Crippen LogP contribution is -2.38. The topological polar surface area (TPSA) is 75.9 Å². The highest BCUT2D eigenvalue weighted by molar-refractivity contribution is 7.99. The Balaban J connectivity index is 1.63. The van der Waals surface area contributed by atoms with Gasteiger partial charge in [0.05, 0.1) is 18.1 Å². The average molecular weight is 346 g/mol. The fourth-order valence-corrected chi connectivity index (χ4v) is 3.86. The molecule has 1 fully saturated rings. The predicted octanol–water partition coefficient (Wildman–Crippen LogP) is 2.80. The fraction of sp³-hybridized carbons (Fsp3) is 0.500. The van der Waals surface area contributed by atoms with Gasteiger partial charge in [0.15, 0.2) is 0 Å². The van der Waals surface area contributed by atoms with E-state index in [2.05, 4.69) is 27.3 Å². The van der Waals surface area contributed by atoms with E-state index >= 15 is 0 Å². The van der Waals surface area contributed by atoms with Crippen LogP contribution in [0.4, 0.5) is 10.5 Å². The third kappa shape index (κ3) is 4.25. The second kappa shape index (κ2) is 8.14. The highest BCUT2D eigenvalue weighted by Crippen LogP contribution is 2.22. The van der Waals surface area contributed by atoms with Gasteiger partial charge in [0.1, 0.15) is 0 Å². The van der Waals surface area contributed by atoms with Gasteiger partial charge in [0.2, 0.25) is 5.95 Å². The maximum atomic E-state index is 12.6. The minimum Gasteiger partial charge on any atom is -0.323 e. The van der Waals surface area contributed by atoms with E-state index in [4.69, 9.17) is 0 Å². The molecular weight excluding hydrogens is 324 g/mol. The van der Waals surface area contributed by atoms with Crippen LogP contribution in [0.2, 0.25) is 0 Å². The Bertz CT molecular complexity index is 662. The van der Waals surface area contributed by atoms with Crippen molar-refractivity contribution in [3.05, 3.63) is 30.9 Å². The molecule has 0 saturated carbocycles. The summed E-state index contributed by atoms with van der Waals surface area (Å²) in [5.74, 6) is 1.57. The lowest BCUT2D eigenvalue weighted by molar-refractivity contribution is 0.214. The number of urea groups is 1. The van der Waals surface area contributed by atoms with Crippen LogP contribution in [0.25, 0.3) is 5.95 Å². The molecule has 7 nitrogen and oxygen atoms in total. The molecule has 0 aromatic carbocycles. The van der Waals surface area contributed by atoms with Gasteiger partial charge in [0.25, 0.3) is 0 Å². The standard InChI is InChI=1S/C16H22N6OS/c1-2-24-14-6-3-4-9-21(12-14)16(23)20-13-10-19-22(11-13)15-17-7-5-8-18-15/h5,7-8,10-11,14H,2-4,6,9,12H2,1H3,(H,20,23)/t14-/m1/s1. The lowest BCUT2D eigenvalue weighted by atomic mass is 10.2. The van der Waals surface area contributed by atoms with E-state index in [0.717, 1.165) is 25.3 Å². The van der Waals surface area contributed by atoms with Gasteiger partial charge in [-0.1, -0.05) is 13.3 Å². The molecule has 1 N–H and O–H groups in total. The zero-order valence-corrected chi connectivity index (χ0v) is 14.6. The van der Waals surface area contributed by atoms with E-state index in [0.29, 0.717) is 16.9 Å². The van der Waals surface area contributed by atoms with E-state index in [-0.39, 0.29) is 6.03 Å². The highest BCUT2D eigenvalue weighted by atomic mass is 32.2. The Kier molecular flexibility index (Phi) is 5.68. The number of rotatable bonds is 4. The Morgan fingerprint density at radius 3 is 3.00 bits per heavy atom. The fourth-order valence-electron chi connectivity index (χ4n) is 2.77. The van der Waals surface area contributed by atoms with Crippen molar-refractivity contribution in [3.8, 4) is 5.95 Å². The van der Waals surface area contributed by atoms with Crippen molar-refractivity contribution in [2.45, 2.75) is 31.4 Å². The number of hydrogen-bond acceptors (Lipinski definition) is 5. The summed E-state index contributed by atoms with van der Waals surface area (Å²) in [4.78, 5) is 22.7. The smallest absolute Gasteiger partial charge is 0.321 e. The first-order valence-corrected chi connectivity index (χ1v) is 9.30. The van der Waals surface area contributed by atoms with Gasteiger partial charge in [-0.05, 0) is 24.7 Å². The lowest BCUT2D eigenvalue weighted by Gasteiger charge is -2.24. The number of likely N-dealkylation sites (tertiary alicyclic amines) is 1. The molecular formula is C16H22N6OS. The van der Waals surface area contributed by atoms with Crippen molar-refractivity contribution in [1.29, 1.82) is 0 Å². The number of thioether (sulfide) groups is 1. The van der Waals surface area contributed by atoms with Crippen molar-refractivity contribution >= 4 is 23.5 Å². The van der Waals surface area contributed by atoms with Crippen LogP contribution < -0.4 is 5.32 Å². The van der Waals surface area contributed by atoms with Crippen LogP contribution in [0, 0.1) is 0 Å². The summed E-state index contributed by atoms with van der Waals surface area (Å²) in [5, 5.41) is 7.66. The Hall–Kier alpha value is -2.09. The third-order valence-corrected chi connectivity index (χ3v) is 5.10. The maximum absolute atomic E-state index is 12.6. The molecule has 1 aliphatic heterocycles. The summed E-state index contributed by atoms with van der Waals surface area (Å²) in [5.41, 5.74) is 0.649. The first kappa shape index (κ1) is 16.8. The molecule has 128 valence electrons.